The SMILES string of the molecule is COC(=O)c1ccc2c(c1)c1c(n2CCCN(C)C(=O)C2C=CC=CC2C=O)CCCC1. The highest BCUT2D eigenvalue weighted by Crippen LogP contribution is 2.33. The molecule has 1 aromatic carbocycles. The third kappa shape index (κ3) is 4.14. The number of hydrogen-bond acceptors (Lipinski definition) is 4. The molecule has 0 fully saturated rings. The topological polar surface area (TPSA) is 68.6 Å². The molecular weight excluding hydrogens is 404 g/mol. The summed E-state index contributed by atoms with van der Waals surface area (Å²) in [6.45, 7) is 1.42. The molecule has 32 heavy (non-hydrogen) atoms. The Morgan fingerprint density at radius 1 is 1.19 bits per heavy atom. The third-order valence-corrected chi connectivity index (χ3v) is 6.67. The molecule has 6 nitrogen and oxygen atoms in total. The zero-order valence-corrected chi connectivity index (χ0v) is 18.8. The summed E-state index contributed by atoms with van der Waals surface area (Å²) in [5.41, 5.74) is 4.41. The molecule has 0 N–H and O–H groups in total. The largest absolute Gasteiger partial charge is 0.465 e. The number of esters is 1. The summed E-state index contributed by atoms with van der Waals surface area (Å²) in [6.07, 6.45) is 13.3. The predicted octanol–water partition coefficient (Wildman–Crippen LogP) is 3.71. The van der Waals surface area contributed by atoms with E-state index in [1.54, 1.807) is 11.0 Å². The van der Waals surface area contributed by atoms with Gasteiger partial charge < -0.3 is 19.0 Å². The number of methoxy groups -OCH3 is 1. The average Bonchev–Trinajstić information content (AvgIpc) is 3.16. The van der Waals surface area contributed by atoms with E-state index in [2.05, 4.69) is 4.57 Å². The lowest BCUT2D eigenvalue weighted by atomic mass is 9.88. The highest BCUT2D eigenvalue weighted by atomic mass is 16.5. The molecule has 1 heterocycles. The van der Waals surface area contributed by atoms with Gasteiger partial charge in [-0.1, -0.05) is 24.3 Å². The minimum Gasteiger partial charge on any atom is -0.465 e. The van der Waals surface area contributed by atoms with Crippen LogP contribution >= 0.6 is 0 Å². The number of allylic oxidation sites excluding steroid dienone is 3. The summed E-state index contributed by atoms with van der Waals surface area (Å²) in [5.74, 6) is -1.15. The van der Waals surface area contributed by atoms with E-state index in [0.29, 0.717) is 12.1 Å². The van der Waals surface area contributed by atoms with Crippen molar-refractivity contribution in [2.75, 3.05) is 20.7 Å². The maximum absolute atomic E-state index is 12.9. The first-order valence-corrected chi connectivity index (χ1v) is 11.3. The van der Waals surface area contributed by atoms with Gasteiger partial charge in [0.15, 0.2) is 0 Å². The lowest BCUT2D eigenvalue weighted by molar-refractivity contribution is -0.135. The van der Waals surface area contributed by atoms with Gasteiger partial charge in [-0.05, 0) is 55.9 Å². The van der Waals surface area contributed by atoms with E-state index in [9.17, 15) is 14.4 Å². The Morgan fingerprint density at radius 2 is 1.97 bits per heavy atom. The van der Waals surface area contributed by atoms with Gasteiger partial charge in [-0.3, -0.25) is 4.79 Å². The fraction of sp³-hybridized carbons (Fsp3) is 0.423. The van der Waals surface area contributed by atoms with E-state index in [4.69, 9.17) is 4.74 Å². The first-order chi connectivity index (χ1) is 15.5. The highest BCUT2D eigenvalue weighted by Gasteiger charge is 2.28. The van der Waals surface area contributed by atoms with Gasteiger partial charge in [-0.15, -0.1) is 0 Å². The maximum Gasteiger partial charge on any atom is 0.337 e. The van der Waals surface area contributed by atoms with Crippen molar-refractivity contribution >= 4 is 29.1 Å². The van der Waals surface area contributed by atoms with Crippen LogP contribution in [0.25, 0.3) is 10.9 Å². The van der Waals surface area contributed by atoms with Crippen LogP contribution in [0.4, 0.5) is 0 Å². The Hall–Kier alpha value is -3.15. The number of amides is 1. The van der Waals surface area contributed by atoms with Crippen LogP contribution in [-0.4, -0.2) is 48.3 Å². The summed E-state index contributed by atoms with van der Waals surface area (Å²) in [4.78, 5) is 37.9. The smallest absolute Gasteiger partial charge is 0.337 e. The van der Waals surface area contributed by atoms with Crippen LogP contribution in [-0.2, 0) is 33.7 Å². The van der Waals surface area contributed by atoms with Gasteiger partial charge in [0, 0.05) is 42.7 Å². The number of rotatable bonds is 7. The first kappa shape index (κ1) is 22.1. The van der Waals surface area contributed by atoms with E-state index in [1.807, 2.05) is 43.5 Å². The summed E-state index contributed by atoms with van der Waals surface area (Å²) < 4.78 is 7.26. The molecular formula is C26H30N2O4. The maximum atomic E-state index is 12.9. The molecule has 6 heteroatoms. The molecule has 0 aliphatic heterocycles. The van der Waals surface area contributed by atoms with Crippen molar-refractivity contribution < 1.29 is 19.1 Å². The van der Waals surface area contributed by atoms with Crippen molar-refractivity contribution in [2.24, 2.45) is 11.8 Å². The molecule has 4 rings (SSSR count). The number of aldehydes is 1. The second-order valence-corrected chi connectivity index (χ2v) is 8.63. The summed E-state index contributed by atoms with van der Waals surface area (Å²) >= 11 is 0. The molecule has 2 aliphatic carbocycles. The third-order valence-electron chi connectivity index (χ3n) is 6.67. The van der Waals surface area contributed by atoms with E-state index in [0.717, 1.165) is 49.4 Å². The first-order valence-electron chi connectivity index (χ1n) is 11.3. The number of aryl methyl sites for hydroxylation is 2. The molecule has 1 aromatic heterocycles. The zero-order valence-electron chi connectivity index (χ0n) is 18.8. The van der Waals surface area contributed by atoms with Gasteiger partial charge in [-0.2, -0.15) is 0 Å². The fourth-order valence-corrected chi connectivity index (χ4v) is 4.97. The standard InChI is InChI=1S/C26H30N2O4/c1-27(25(30)20-9-4-3-8-19(20)17-29)14-7-15-28-23-11-6-5-10-21(23)22-16-18(26(31)32-2)12-13-24(22)28/h3-4,8-9,12-13,16-17,19-20H,5-7,10-11,14-15H2,1-2H3. The molecule has 2 aliphatic rings. The van der Waals surface area contributed by atoms with Crippen LogP contribution < -0.4 is 0 Å². The average molecular weight is 435 g/mol. The molecule has 2 unspecified atom stereocenters. The number of fused-ring (bicyclic) bond motifs is 3. The van der Waals surface area contributed by atoms with Gasteiger partial charge in [-0.25, -0.2) is 4.79 Å². The molecule has 168 valence electrons. The monoisotopic (exact) mass is 434 g/mol. The van der Waals surface area contributed by atoms with E-state index in [1.165, 1.54) is 24.8 Å². The van der Waals surface area contributed by atoms with Gasteiger partial charge in [0.05, 0.1) is 18.6 Å². The number of benzene rings is 1. The Kier molecular flexibility index (Phi) is 6.58. The molecule has 0 spiro atoms. The number of nitrogens with zero attached hydrogens (tertiary/aromatic N) is 2. The van der Waals surface area contributed by atoms with E-state index >= 15 is 0 Å². The predicted molar refractivity (Wildman–Crippen MR) is 123 cm³/mol. The second kappa shape index (κ2) is 9.55. The van der Waals surface area contributed by atoms with Crippen molar-refractivity contribution in [3.8, 4) is 0 Å². The number of carbonyl (C=O) groups excluding carboxylic acids is 3. The van der Waals surface area contributed by atoms with Gasteiger partial charge in [0.2, 0.25) is 5.91 Å². The highest BCUT2D eigenvalue weighted by molar-refractivity contribution is 5.96. The van der Waals surface area contributed by atoms with Crippen LogP contribution in [0.15, 0.2) is 42.5 Å². The van der Waals surface area contributed by atoms with Gasteiger partial charge >= 0.3 is 5.97 Å². The Balaban J connectivity index is 1.50. The van der Waals surface area contributed by atoms with Gasteiger partial charge in [0.1, 0.15) is 6.29 Å². The van der Waals surface area contributed by atoms with Crippen molar-refractivity contribution in [3.63, 3.8) is 0 Å². The number of aromatic nitrogens is 1. The normalized spacial score (nSPS) is 19.6. The van der Waals surface area contributed by atoms with Crippen molar-refractivity contribution in [3.05, 3.63) is 59.3 Å². The lowest BCUT2D eigenvalue weighted by Crippen LogP contribution is -2.37. The summed E-state index contributed by atoms with van der Waals surface area (Å²) in [6, 6.07) is 5.80. The van der Waals surface area contributed by atoms with Crippen LogP contribution in [0, 0.1) is 11.8 Å². The molecule has 2 aromatic rings. The minimum atomic E-state index is -0.417. The zero-order chi connectivity index (χ0) is 22.7. The molecule has 0 bridgehead atoms. The summed E-state index contributed by atoms with van der Waals surface area (Å²) in [5, 5.41) is 1.14. The fourth-order valence-electron chi connectivity index (χ4n) is 4.97. The van der Waals surface area contributed by atoms with E-state index in [-0.39, 0.29) is 17.8 Å². The van der Waals surface area contributed by atoms with Crippen LogP contribution in [0.2, 0.25) is 0 Å². The number of hydrogen-bond donors (Lipinski definition) is 0. The Bertz CT molecular complexity index is 1090. The van der Waals surface area contributed by atoms with Crippen LogP contribution in [0.5, 0.6) is 0 Å². The minimum absolute atomic E-state index is 0.0233. The van der Waals surface area contributed by atoms with Crippen molar-refractivity contribution in [1.82, 2.24) is 9.47 Å². The second-order valence-electron chi connectivity index (χ2n) is 8.63. The quantitative estimate of drug-likeness (QED) is 0.492. The lowest BCUT2D eigenvalue weighted by Gasteiger charge is -2.25. The van der Waals surface area contributed by atoms with E-state index < -0.39 is 5.92 Å². The van der Waals surface area contributed by atoms with Gasteiger partial charge in [0.25, 0.3) is 0 Å². The molecule has 0 saturated carbocycles. The number of carbonyl (C=O) groups is 3. The van der Waals surface area contributed by atoms with Crippen LogP contribution in [0.1, 0.15) is 40.9 Å². The molecule has 2 atom stereocenters. The Morgan fingerprint density at radius 3 is 2.75 bits per heavy atom. The molecule has 0 saturated heterocycles. The number of ether oxygens (including phenoxy) is 1. The van der Waals surface area contributed by atoms with Crippen LogP contribution in [0.3, 0.4) is 0 Å². The van der Waals surface area contributed by atoms with Crippen molar-refractivity contribution in [2.45, 2.75) is 38.6 Å². The Labute approximate surface area is 188 Å². The summed E-state index contributed by atoms with van der Waals surface area (Å²) in [7, 11) is 3.21. The van der Waals surface area contributed by atoms with Crippen molar-refractivity contribution in [1.29, 1.82) is 0 Å². The molecule has 1 amide bonds. The molecule has 0 radical (unpaired) electrons.